The number of carbonyl (C=O) groups excluding carboxylic acids is 1. The Morgan fingerprint density at radius 3 is 2.55 bits per heavy atom. The second-order valence-electron chi connectivity index (χ2n) is 5.29. The first-order valence-corrected chi connectivity index (χ1v) is 6.33. The van der Waals surface area contributed by atoms with Crippen molar-refractivity contribution in [2.45, 2.75) is 25.3 Å². The standard InChI is InChI=1S/C13H16FN3O.2ClH/c14-9-3-4-10(16-6-9)17-13(18)11-7-1-2-8(5-7)12(11)15;;/h3-4,6-8,11-12H,1-2,5,15H2,(H,16,17,18);2*1H. The van der Waals surface area contributed by atoms with Crippen LogP contribution in [0.2, 0.25) is 0 Å². The van der Waals surface area contributed by atoms with Crippen molar-refractivity contribution in [3.05, 3.63) is 24.1 Å². The number of hydrogen-bond acceptors (Lipinski definition) is 3. The lowest BCUT2D eigenvalue weighted by molar-refractivity contribution is -0.121. The summed E-state index contributed by atoms with van der Waals surface area (Å²) >= 11 is 0. The van der Waals surface area contributed by atoms with Crippen LogP contribution < -0.4 is 11.1 Å². The Morgan fingerprint density at radius 1 is 1.30 bits per heavy atom. The molecule has 2 aliphatic rings. The summed E-state index contributed by atoms with van der Waals surface area (Å²) in [6.07, 6.45) is 4.39. The van der Waals surface area contributed by atoms with E-state index in [2.05, 4.69) is 10.3 Å². The van der Waals surface area contributed by atoms with Gasteiger partial charge in [0, 0.05) is 6.04 Å². The summed E-state index contributed by atoms with van der Waals surface area (Å²) in [6, 6.07) is 2.71. The number of carbonyl (C=O) groups is 1. The van der Waals surface area contributed by atoms with Crippen LogP contribution in [-0.4, -0.2) is 16.9 Å². The third kappa shape index (κ3) is 3.05. The summed E-state index contributed by atoms with van der Waals surface area (Å²) in [5.41, 5.74) is 6.10. The molecule has 4 nitrogen and oxygen atoms in total. The summed E-state index contributed by atoms with van der Waals surface area (Å²) in [6.45, 7) is 0. The molecule has 0 aliphatic heterocycles. The molecule has 112 valence electrons. The average molecular weight is 322 g/mol. The van der Waals surface area contributed by atoms with Gasteiger partial charge in [-0.25, -0.2) is 9.37 Å². The summed E-state index contributed by atoms with van der Waals surface area (Å²) in [5.74, 6) is 0.683. The molecule has 0 spiro atoms. The SMILES string of the molecule is Cl.Cl.NC1C2CCC(C2)C1C(=O)Nc1ccc(F)cn1. The fourth-order valence-corrected chi connectivity index (χ4v) is 3.38. The quantitative estimate of drug-likeness (QED) is 0.878. The second-order valence-corrected chi connectivity index (χ2v) is 5.29. The normalized spacial score (nSPS) is 30.3. The molecule has 0 saturated heterocycles. The Kier molecular flexibility index (Phi) is 5.74. The average Bonchev–Trinajstić information content (AvgIpc) is 2.92. The zero-order valence-electron chi connectivity index (χ0n) is 10.8. The Morgan fingerprint density at radius 2 is 2.00 bits per heavy atom. The molecule has 3 N–H and O–H groups in total. The van der Waals surface area contributed by atoms with Gasteiger partial charge in [0.05, 0.1) is 12.1 Å². The highest BCUT2D eigenvalue weighted by Gasteiger charge is 2.49. The molecule has 2 bridgehead atoms. The van der Waals surface area contributed by atoms with Crippen molar-refractivity contribution in [2.75, 3.05) is 5.32 Å². The summed E-state index contributed by atoms with van der Waals surface area (Å²) in [4.78, 5) is 16.0. The Balaban J connectivity index is 0.000001000. The van der Waals surface area contributed by atoms with Crippen LogP contribution in [0.15, 0.2) is 18.3 Å². The van der Waals surface area contributed by atoms with Crippen LogP contribution >= 0.6 is 24.8 Å². The minimum Gasteiger partial charge on any atom is -0.327 e. The number of rotatable bonds is 2. The number of pyridine rings is 1. The number of anilines is 1. The lowest BCUT2D eigenvalue weighted by Crippen LogP contribution is -2.42. The maximum absolute atomic E-state index is 12.7. The Hall–Kier alpha value is -0.910. The van der Waals surface area contributed by atoms with Gasteiger partial charge >= 0.3 is 0 Å². The Labute approximate surface area is 129 Å². The van der Waals surface area contributed by atoms with Crippen LogP contribution in [0.4, 0.5) is 10.2 Å². The largest absolute Gasteiger partial charge is 0.327 e. The lowest BCUT2D eigenvalue weighted by Gasteiger charge is -2.26. The number of nitrogens with two attached hydrogens (primary N) is 1. The van der Waals surface area contributed by atoms with Gasteiger partial charge in [0.25, 0.3) is 0 Å². The molecular weight excluding hydrogens is 304 g/mol. The first kappa shape index (κ1) is 17.1. The summed E-state index contributed by atoms with van der Waals surface area (Å²) < 4.78 is 12.7. The molecule has 1 amide bonds. The predicted octanol–water partition coefficient (Wildman–Crippen LogP) is 2.38. The van der Waals surface area contributed by atoms with Gasteiger partial charge in [0.15, 0.2) is 0 Å². The molecule has 1 aromatic rings. The molecule has 2 saturated carbocycles. The van der Waals surface area contributed by atoms with Crippen molar-refractivity contribution in [3.63, 3.8) is 0 Å². The van der Waals surface area contributed by atoms with Gasteiger partial charge in [-0.05, 0) is 43.2 Å². The fraction of sp³-hybridized carbons (Fsp3) is 0.538. The summed E-state index contributed by atoms with van der Waals surface area (Å²) in [7, 11) is 0. The van der Waals surface area contributed by atoms with Crippen molar-refractivity contribution in [2.24, 2.45) is 23.5 Å². The molecule has 7 heteroatoms. The molecule has 2 aliphatic carbocycles. The van der Waals surface area contributed by atoms with E-state index in [9.17, 15) is 9.18 Å². The van der Waals surface area contributed by atoms with Crippen LogP contribution in [0.3, 0.4) is 0 Å². The number of aromatic nitrogens is 1. The molecule has 1 aromatic heterocycles. The van der Waals surface area contributed by atoms with E-state index in [0.29, 0.717) is 17.7 Å². The monoisotopic (exact) mass is 321 g/mol. The topological polar surface area (TPSA) is 68.0 Å². The van der Waals surface area contributed by atoms with Gasteiger partial charge in [-0.1, -0.05) is 0 Å². The molecular formula is C13H18Cl2FN3O. The van der Waals surface area contributed by atoms with Crippen LogP contribution in [0, 0.1) is 23.6 Å². The maximum atomic E-state index is 12.7. The van der Waals surface area contributed by atoms with E-state index >= 15 is 0 Å². The zero-order valence-corrected chi connectivity index (χ0v) is 12.4. The van der Waals surface area contributed by atoms with E-state index in [0.717, 1.165) is 25.5 Å². The highest BCUT2D eigenvalue weighted by Crippen LogP contribution is 2.47. The van der Waals surface area contributed by atoms with Crippen LogP contribution in [0.25, 0.3) is 0 Å². The van der Waals surface area contributed by atoms with E-state index in [4.69, 9.17) is 5.73 Å². The minimum absolute atomic E-state index is 0. The van der Waals surface area contributed by atoms with Gasteiger partial charge in [0.1, 0.15) is 11.6 Å². The number of hydrogen-bond donors (Lipinski definition) is 2. The highest BCUT2D eigenvalue weighted by atomic mass is 35.5. The minimum atomic E-state index is -0.412. The van der Waals surface area contributed by atoms with Crippen LogP contribution in [0.1, 0.15) is 19.3 Å². The number of amides is 1. The molecule has 2 fully saturated rings. The molecule has 20 heavy (non-hydrogen) atoms. The lowest BCUT2D eigenvalue weighted by atomic mass is 9.84. The fourth-order valence-electron chi connectivity index (χ4n) is 3.38. The predicted molar refractivity (Wildman–Crippen MR) is 79.6 cm³/mol. The number of nitrogens with one attached hydrogen (secondary N) is 1. The molecule has 3 rings (SSSR count). The third-order valence-electron chi connectivity index (χ3n) is 4.26. The second kappa shape index (κ2) is 6.70. The first-order chi connectivity index (χ1) is 8.65. The van der Waals surface area contributed by atoms with Crippen molar-refractivity contribution in [1.29, 1.82) is 0 Å². The number of halogens is 3. The van der Waals surface area contributed by atoms with E-state index in [1.807, 2.05) is 0 Å². The van der Waals surface area contributed by atoms with E-state index in [1.54, 1.807) is 0 Å². The molecule has 0 radical (unpaired) electrons. The van der Waals surface area contributed by atoms with Crippen molar-refractivity contribution in [1.82, 2.24) is 4.98 Å². The van der Waals surface area contributed by atoms with Gasteiger partial charge in [-0.15, -0.1) is 24.8 Å². The van der Waals surface area contributed by atoms with Crippen molar-refractivity contribution in [3.8, 4) is 0 Å². The van der Waals surface area contributed by atoms with E-state index in [1.165, 1.54) is 12.1 Å². The third-order valence-corrected chi connectivity index (χ3v) is 4.26. The molecule has 4 unspecified atom stereocenters. The first-order valence-electron chi connectivity index (χ1n) is 6.33. The van der Waals surface area contributed by atoms with E-state index < -0.39 is 5.82 Å². The van der Waals surface area contributed by atoms with Crippen LogP contribution in [0.5, 0.6) is 0 Å². The highest BCUT2D eigenvalue weighted by molar-refractivity contribution is 5.92. The Bertz CT molecular complexity index is 469. The van der Waals surface area contributed by atoms with E-state index in [-0.39, 0.29) is 42.7 Å². The zero-order chi connectivity index (χ0) is 12.7. The molecule has 0 aromatic carbocycles. The van der Waals surface area contributed by atoms with Gasteiger partial charge in [-0.3, -0.25) is 4.79 Å². The maximum Gasteiger partial charge on any atom is 0.230 e. The van der Waals surface area contributed by atoms with Crippen LogP contribution in [-0.2, 0) is 4.79 Å². The van der Waals surface area contributed by atoms with Crippen molar-refractivity contribution >= 4 is 36.5 Å². The van der Waals surface area contributed by atoms with Gasteiger partial charge in [-0.2, -0.15) is 0 Å². The number of fused-ring (bicyclic) bond motifs is 2. The van der Waals surface area contributed by atoms with Gasteiger partial charge < -0.3 is 11.1 Å². The summed E-state index contributed by atoms with van der Waals surface area (Å²) in [5, 5.41) is 2.73. The number of nitrogens with zero attached hydrogens (tertiary/aromatic N) is 1. The van der Waals surface area contributed by atoms with Gasteiger partial charge in [0.2, 0.25) is 5.91 Å². The smallest absolute Gasteiger partial charge is 0.230 e. The molecule has 1 heterocycles. The van der Waals surface area contributed by atoms with Crippen molar-refractivity contribution < 1.29 is 9.18 Å². The molecule has 4 atom stereocenters.